The van der Waals surface area contributed by atoms with Crippen molar-refractivity contribution in [3.05, 3.63) is 27.7 Å². The fourth-order valence-corrected chi connectivity index (χ4v) is 1.72. The summed E-state index contributed by atoms with van der Waals surface area (Å²) >= 11 is 3.14. The van der Waals surface area contributed by atoms with Gasteiger partial charge in [-0.25, -0.2) is 4.39 Å². The van der Waals surface area contributed by atoms with Crippen molar-refractivity contribution < 1.29 is 9.50 Å². The van der Waals surface area contributed by atoms with Crippen LogP contribution in [0.2, 0.25) is 0 Å². The third kappa shape index (κ3) is 1.86. The molecule has 0 fully saturated rings. The quantitative estimate of drug-likeness (QED) is 0.853. The van der Waals surface area contributed by atoms with Gasteiger partial charge in [0.2, 0.25) is 0 Å². The number of aromatic hydroxyl groups is 1. The van der Waals surface area contributed by atoms with Gasteiger partial charge in [-0.1, -0.05) is 15.9 Å². The van der Waals surface area contributed by atoms with Gasteiger partial charge in [0.1, 0.15) is 18.5 Å². The Morgan fingerprint density at radius 3 is 2.79 bits per heavy atom. The van der Waals surface area contributed by atoms with Crippen LogP contribution < -0.4 is 5.73 Å². The molecule has 3 nitrogen and oxygen atoms in total. The average Bonchev–Trinajstić information content (AvgIpc) is 2.18. The van der Waals surface area contributed by atoms with Gasteiger partial charge >= 0.3 is 0 Å². The highest BCUT2D eigenvalue weighted by atomic mass is 79.9. The summed E-state index contributed by atoms with van der Waals surface area (Å²) in [7, 11) is 0. The largest absolute Gasteiger partial charge is 0.506 e. The molecule has 0 unspecified atom stereocenters. The van der Waals surface area contributed by atoms with Crippen molar-refractivity contribution in [3.8, 4) is 11.8 Å². The fourth-order valence-electron chi connectivity index (χ4n) is 1.10. The molecular weight excluding hydrogens is 251 g/mol. The summed E-state index contributed by atoms with van der Waals surface area (Å²) in [6.07, 6.45) is 0. The Balaban J connectivity index is 3.34. The van der Waals surface area contributed by atoms with Crippen molar-refractivity contribution in [2.75, 3.05) is 6.67 Å². The SMILES string of the molecule is N#Cc1ccc(Br)c([C@H](N)CF)c1O. The van der Waals surface area contributed by atoms with E-state index in [4.69, 9.17) is 11.0 Å². The van der Waals surface area contributed by atoms with Crippen molar-refractivity contribution >= 4 is 15.9 Å². The summed E-state index contributed by atoms with van der Waals surface area (Å²) in [5.74, 6) is -0.257. The van der Waals surface area contributed by atoms with Crippen LogP contribution >= 0.6 is 15.9 Å². The second-order valence-corrected chi connectivity index (χ2v) is 3.58. The maximum atomic E-state index is 12.3. The number of rotatable bonds is 2. The average molecular weight is 259 g/mol. The number of hydrogen-bond acceptors (Lipinski definition) is 3. The Morgan fingerprint density at radius 2 is 2.29 bits per heavy atom. The molecule has 0 radical (unpaired) electrons. The molecule has 0 bridgehead atoms. The Bertz CT molecular complexity index is 389. The van der Waals surface area contributed by atoms with E-state index in [-0.39, 0.29) is 16.9 Å². The lowest BCUT2D eigenvalue weighted by molar-refractivity contribution is 0.413. The van der Waals surface area contributed by atoms with E-state index >= 15 is 0 Å². The second kappa shape index (κ2) is 4.40. The van der Waals surface area contributed by atoms with Crippen LogP contribution in [0.4, 0.5) is 4.39 Å². The minimum Gasteiger partial charge on any atom is -0.506 e. The van der Waals surface area contributed by atoms with E-state index in [1.165, 1.54) is 6.07 Å². The first-order chi connectivity index (χ1) is 6.61. The molecule has 0 amide bonds. The smallest absolute Gasteiger partial charge is 0.139 e. The molecule has 1 aromatic carbocycles. The van der Waals surface area contributed by atoms with Crippen LogP contribution in [0.25, 0.3) is 0 Å². The van der Waals surface area contributed by atoms with Crippen LogP contribution in [0, 0.1) is 11.3 Å². The van der Waals surface area contributed by atoms with Gasteiger partial charge in [-0.2, -0.15) is 5.26 Å². The van der Waals surface area contributed by atoms with Crippen molar-refractivity contribution in [1.82, 2.24) is 0 Å². The van der Waals surface area contributed by atoms with Gasteiger partial charge in [-0.05, 0) is 12.1 Å². The van der Waals surface area contributed by atoms with E-state index in [0.29, 0.717) is 4.47 Å². The zero-order chi connectivity index (χ0) is 10.7. The molecule has 1 atom stereocenters. The van der Waals surface area contributed by atoms with Gasteiger partial charge in [0, 0.05) is 10.0 Å². The van der Waals surface area contributed by atoms with Crippen molar-refractivity contribution in [3.63, 3.8) is 0 Å². The summed E-state index contributed by atoms with van der Waals surface area (Å²) < 4.78 is 12.8. The van der Waals surface area contributed by atoms with Crippen molar-refractivity contribution in [2.24, 2.45) is 5.73 Å². The topological polar surface area (TPSA) is 70.0 Å². The number of hydrogen-bond donors (Lipinski definition) is 2. The van der Waals surface area contributed by atoms with Crippen LogP contribution in [-0.2, 0) is 0 Å². The van der Waals surface area contributed by atoms with Crippen LogP contribution in [0.5, 0.6) is 5.75 Å². The third-order valence-electron chi connectivity index (χ3n) is 1.82. The predicted molar refractivity (Wildman–Crippen MR) is 53.4 cm³/mol. The summed E-state index contributed by atoms with van der Waals surface area (Å²) in [5.41, 5.74) is 5.76. The lowest BCUT2D eigenvalue weighted by atomic mass is 10.0. The van der Waals surface area contributed by atoms with Gasteiger partial charge in [-0.3, -0.25) is 0 Å². The lowest BCUT2D eigenvalue weighted by Gasteiger charge is -2.12. The zero-order valence-electron chi connectivity index (χ0n) is 7.17. The zero-order valence-corrected chi connectivity index (χ0v) is 8.75. The molecule has 0 saturated heterocycles. The molecule has 0 spiro atoms. The number of alkyl halides is 1. The molecule has 5 heteroatoms. The molecule has 0 aliphatic heterocycles. The van der Waals surface area contributed by atoms with E-state index in [2.05, 4.69) is 15.9 Å². The van der Waals surface area contributed by atoms with E-state index in [9.17, 15) is 9.50 Å². The molecule has 0 aliphatic rings. The molecule has 0 aliphatic carbocycles. The summed E-state index contributed by atoms with van der Waals surface area (Å²) in [4.78, 5) is 0. The first-order valence-corrected chi connectivity index (χ1v) is 4.64. The monoisotopic (exact) mass is 258 g/mol. The maximum Gasteiger partial charge on any atom is 0.139 e. The Kier molecular flexibility index (Phi) is 3.44. The summed E-state index contributed by atoms with van der Waals surface area (Å²) in [5, 5.41) is 18.2. The minimum absolute atomic E-state index is 0.0899. The van der Waals surface area contributed by atoms with Crippen LogP contribution in [0.3, 0.4) is 0 Å². The number of phenols is 1. The van der Waals surface area contributed by atoms with Gasteiger partial charge in [-0.15, -0.1) is 0 Å². The first-order valence-electron chi connectivity index (χ1n) is 3.84. The molecule has 0 aromatic heterocycles. The van der Waals surface area contributed by atoms with Gasteiger partial charge < -0.3 is 10.8 Å². The minimum atomic E-state index is -0.919. The van der Waals surface area contributed by atoms with Gasteiger partial charge in [0.25, 0.3) is 0 Å². The Morgan fingerprint density at radius 1 is 1.64 bits per heavy atom. The highest BCUT2D eigenvalue weighted by molar-refractivity contribution is 9.10. The predicted octanol–water partition coefficient (Wildman–Crippen LogP) is 2.00. The standard InChI is InChI=1S/C9H8BrFN2O/c10-6-2-1-5(4-12)9(14)8(6)7(13)3-11/h1-2,7,14H,3,13H2/t7-/m1/s1. The number of nitriles is 1. The van der Waals surface area contributed by atoms with E-state index in [1.807, 2.05) is 0 Å². The number of nitrogens with zero attached hydrogens (tertiary/aromatic N) is 1. The Hall–Kier alpha value is -1.12. The number of nitrogens with two attached hydrogens (primary N) is 1. The fraction of sp³-hybridized carbons (Fsp3) is 0.222. The normalized spacial score (nSPS) is 12.1. The lowest BCUT2D eigenvalue weighted by Crippen LogP contribution is -2.13. The second-order valence-electron chi connectivity index (χ2n) is 2.73. The van der Waals surface area contributed by atoms with E-state index < -0.39 is 12.7 Å². The van der Waals surface area contributed by atoms with Crippen molar-refractivity contribution in [1.29, 1.82) is 5.26 Å². The molecule has 1 aromatic rings. The third-order valence-corrected chi connectivity index (χ3v) is 2.51. The highest BCUT2D eigenvalue weighted by Gasteiger charge is 2.17. The highest BCUT2D eigenvalue weighted by Crippen LogP contribution is 2.33. The molecular formula is C9H8BrFN2O. The molecule has 74 valence electrons. The van der Waals surface area contributed by atoms with Crippen molar-refractivity contribution in [2.45, 2.75) is 6.04 Å². The number of phenolic OH excluding ortho intramolecular Hbond substituents is 1. The molecule has 1 rings (SSSR count). The van der Waals surface area contributed by atoms with E-state index in [0.717, 1.165) is 0 Å². The van der Waals surface area contributed by atoms with E-state index in [1.54, 1.807) is 12.1 Å². The van der Waals surface area contributed by atoms with Gasteiger partial charge in [0.05, 0.1) is 11.6 Å². The summed E-state index contributed by atoms with van der Waals surface area (Å²) in [6.45, 7) is -0.791. The molecule has 0 saturated carbocycles. The van der Waals surface area contributed by atoms with Crippen LogP contribution in [-0.4, -0.2) is 11.8 Å². The molecule has 14 heavy (non-hydrogen) atoms. The first kappa shape index (κ1) is 11.0. The number of benzene rings is 1. The maximum absolute atomic E-state index is 12.3. The molecule has 3 N–H and O–H groups in total. The van der Waals surface area contributed by atoms with Crippen LogP contribution in [0.15, 0.2) is 16.6 Å². The Labute approximate surface area is 89.1 Å². The molecule has 0 heterocycles. The summed E-state index contributed by atoms with van der Waals surface area (Å²) in [6, 6.07) is 3.87. The number of halogens is 2. The van der Waals surface area contributed by atoms with Gasteiger partial charge in [0.15, 0.2) is 0 Å². The van der Waals surface area contributed by atoms with Crippen LogP contribution in [0.1, 0.15) is 17.2 Å².